The molecule has 5 heteroatoms. The number of halogens is 2. The van der Waals surface area contributed by atoms with Crippen LogP contribution >= 0.6 is 0 Å². The number of para-hydroxylation sites is 1. The molecule has 0 unspecified atom stereocenters. The summed E-state index contributed by atoms with van der Waals surface area (Å²) in [6, 6.07) is 8.87. The smallest absolute Gasteiger partial charge is 0.257 e. The van der Waals surface area contributed by atoms with Gasteiger partial charge < -0.3 is 11.1 Å². The lowest BCUT2D eigenvalue weighted by molar-refractivity contribution is 0.102. The Morgan fingerprint density at radius 1 is 1.20 bits per heavy atom. The van der Waals surface area contributed by atoms with Crippen LogP contribution in [0.25, 0.3) is 0 Å². The molecule has 0 fully saturated rings. The lowest BCUT2D eigenvalue weighted by Crippen LogP contribution is -2.16. The maximum absolute atomic E-state index is 13.2. The number of anilines is 2. The average Bonchev–Trinajstić information content (AvgIpc) is 2.43. The Morgan fingerprint density at radius 3 is 2.55 bits per heavy atom. The second-order valence-corrected chi connectivity index (χ2v) is 4.32. The number of aryl methyl sites for hydroxylation is 1. The van der Waals surface area contributed by atoms with Gasteiger partial charge in [-0.05, 0) is 24.1 Å². The Balaban J connectivity index is 2.31. The third-order valence-electron chi connectivity index (χ3n) is 2.98. The van der Waals surface area contributed by atoms with Gasteiger partial charge in [-0.25, -0.2) is 8.78 Å². The van der Waals surface area contributed by atoms with Crippen molar-refractivity contribution in [3.63, 3.8) is 0 Å². The van der Waals surface area contributed by atoms with Crippen LogP contribution < -0.4 is 11.1 Å². The molecule has 3 nitrogen and oxygen atoms in total. The van der Waals surface area contributed by atoms with E-state index in [4.69, 9.17) is 5.73 Å². The largest absolute Gasteiger partial charge is 0.398 e. The topological polar surface area (TPSA) is 55.1 Å². The van der Waals surface area contributed by atoms with E-state index in [1.165, 1.54) is 0 Å². The van der Waals surface area contributed by atoms with Crippen LogP contribution in [-0.4, -0.2) is 5.91 Å². The molecule has 0 spiro atoms. The highest BCUT2D eigenvalue weighted by Crippen LogP contribution is 2.21. The number of benzene rings is 2. The maximum Gasteiger partial charge on any atom is 0.257 e. The molecule has 2 aromatic rings. The van der Waals surface area contributed by atoms with Crippen molar-refractivity contribution in [2.75, 3.05) is 11.1 Å². The molecule has 0 aliphatic heterocycles. The summed E-state index contributed by atoms with van der Waals surface area (Å²) in [5, 5.41) is 2.66. The van der Waals surface area contributed by atoms with Crippen molar-refractivity contribution in [1.29, 1.82) is 0 Å². The molecule has 0 aliphatic rings. The van der Waals surface area contributed by atoms with Crippen LogP contribution in [0.15, 0.2) is 36.4 Å². The number of rotatable bonds is 3. The molecule has 2 rings (SSSR count). The number of hydrogen-bond acceptors (Lipinski definition) is 2. The molecule has 0 saturated heterocycles. The summed E-state index contributed by atoms with van der Waals surface area (Å²) in [7, 11) is 0. The van der Waals surface area contributed by atoms with E-state index in [0.29, 0.717) is 5.69 Å². The van der Waals surface area contributed by atoms with Crippen molar-refractivity contribution in [2.45, 2.75) is 13.3 Å². The van der Waals surface area contributed by atoms with E-state index >= 15 is 0 Å². The fraction of sp³-hybridized carbons (Fsp3) is 0.133. The van der Waals surface area contributed by atoms with Gasteiger partial charge in [-0.15, -0.1) is 0 Å². The third kappa shape index (κ3) is 2.77. The van der Waals surface area contributed by atoms with Gasteiger partial charge in [0.1, 0.15) is 0 Å². The minimum absolute atomic E-state index is 0.0881. The van der Waals surface area contributed by atoms with Crippen LogP contribution in [0.4, 0.5) is 20.2 Å². The number of nitrogens with two attached hydrogens (primary N) is 1. The first kappa shape index (κ1) is 14.0. The molecule has 0 atom stereocenters. The van der Waals surface area contributed by atoms with Gasteiger partial charge in [0.15, 0.2) is 11.6 Å². The molecular formula is C15H14F2N2O. The number of carbonyl (C=O) groups excluding carboxylic acids is 1. The maximum atomic E-state index is 13.2. The summed E-state index contributed by atoms with van der Waals surface area (Å²) >= 11 is 0. The van der Waals surface area contributed by atoms with Gasteiger partial charge in [-0.1, -0.05) is 25.1 Å². The lowest BCUT2D eigenvalue weighted by Gasteiger charge is -2.11. The van der Waals surface area contributed by atoms with Crippen LogP contribution in [0.2, 0.25) is 0 Å². The van der Waals surface area contributed by atoms with Crippen molar-refractivity contribution < 1.29 is 13.6 Å². The molecule has 0 heterocycles. The minimum Gasteiger partial charge on any atom is -0.398 e. The quantitative estimate of drug-likeness (QED) is 0.844. The zero-order valence-electron chi connectivity index (χ0n) is 10.9. The van der Waals surface area contributed by atoms with Crippen LogP contribution in [0.3, 0.4) is 0 Å². The molecule has 1 amide bonds. The third-order valence-corrected chi connectivity index (χ3v) is 2.98. The Morgan fingerprint density at radius 2 is 1.85 bits per heavy atom. The highest BCUT2D eigenvalue weighted by molar-refractivity contribution is 6.08. The fourth-order valence-electron chi connectivity index (χ4n) is 1.90. The number of nitrogens with one attached hydrogen (secondary N) is 1. The summed E-state index contributed by atoms with van der Waals surface area (Å²) in [4.78, 5) is 12.1. The second kappa shape index (κ2) is 5.69. The normalized spacial score (nSPS) is 10.3. The summed E-state index contributed by atoms with van der Waals surface area (Å²) in [6.07, 6.45) is 0.740. The van der Waals surface area contributed by atoms with E-state index in [0.717, 1.165) is 24.1 Å². The van der Waals surface area contributed by atoms with E-state index < -0.39 is 17.5 Å². The van der Waals surface area contributed by atoms with Crippen LogP contribution in [0.1, 0.15) is 22.8 Å². The van der Waals surface area contributed by atoms with Crippen molar-refractivity contribution in [2.24, 2.45) is 0 Å². The zero-order valence-corrected chi connectivity index (χ0v) is 10.9. The molecule has 0 aromatic heterocycles. The summed E-state index contributed by atoms with van der Waals surface area (Å²) < 4.78 is 26.2. The molecule has 104 valence electrons. The van der Waals surface area contributed by atoms with Crippen LogP contribution in [0.5, 0.6) is 0 Å². The zero-order chi connectivity index (χ0) is 14.7. The molecule has 0 bridgehead atoms. The average molecular weight is 276 g/mol. The van der Waals surface area contributed by atoms with Gasteiger partial charge in [0.2, 0.25) is 0 Å². The van der Waals surface area contributed by atoms with Crippen molar-refractivity contribution in [3.05, 3.63) is 59.2 Å². The predicted octanol–water partition coefficient (Wildman–Crippen LogP) is 3.36. The van der Waals surface area contributed by atoms with Crippen LogP contribution in [0, 0.1) is 11.6 Å². The van der Waals surface area contributed by atoms with E-state index in [-0.39, 0.29) is 11.3 Å². The molecule has 0 aliphatic carbocycles. The molecule has 0 radical (unpaired) electrons. The van der Waals surface area contributed by atoms with E-state index in [9.17, 15) is 13.6 Å². The van der Waals surface area contributed by atoms with E-state index in [1.807, 2.05) is 19.1 Å². The van der Waals surface area contributed by atoms with Crippen LogP contribution in [-0.2, 0) is 6.42 Å². The first-order valence-electron chi connectivity index (χ1n) is 6.16. The Kier molecular flexibility index (Phi) is 3.98. The monoisotopic (exact) mass is 276 g/mol. The molecule has 0 saturated carbocycles. The van der Waals surface area contributed by atoms with Gasteiger partial charge >= 0.3 is 0 Å². The second-order valence-electron chi connectivity index (χ2n) is 4.32. The Hall–Kier alpha value is -2.43. The number of nitrogen functional groups attached to an aromatic ring is 1. The lowest BCUT2D eigenvalue weighted by atomic mass is 10.1. The molecule has 2 aromatic carbocycles. The van der Waals surface area contributed by atoms with E-state index in [2.05, 4.69) is 5.32 Å². The Bertz CT molecular complexity index is 656. The van der Waals surface area contributed by atoms with Crippen molar-refractivity contribution in [1.82, 2.24) is 0 Å². The highest BCUT2D eigenvalue weighted by Gasteiger charge is 2.15. The SMILES string of the molecule is CCc1ccccc1NC(=O)c1cc(F)c(F)cc1N. The first-order chi connectivity index (χ1) is 9.52. The standard InChI is InChI=1S/C15H14F2N2O/c1-2-9-5-3-4-6-14(9)19-15(20)10-7-11(16)12(17)8-13(10)18/h3-8H,2,18H2,1H3,(H,19,20). The van der Waals surface area contributed by atoms with Gasteiger partial charge in [0.25, 0.3) is 5.91 Å². The fourth-order valence-corrected chi connectivity index (χ4v) is 1.90. The molecule has 3 N–H and O–H groups in total. The summed E-state index contributed by atoms with van der Waals surface area (Å²) in [5.74, 6) is -2.75. The first-order valence-corrected chi connectivity index (χ1v) is 6.16. The predicted molar refractivity (Wildman–Crippen MR) is 74.5 cm³/mol. The van der Waals surface area contributed by atoms with Gasteiger partial charge in [0.05, 0.1) is 5.56 Å². The number of hydrogen-bond donors (Lipinski definition) is 2. The minimum atomic E-state index is -1.10. The van der Waals surface area contributed by atoms with Crippen molar-refractivity contribution in [3.8, 4) is 0 Å². The summed E-state index contributed by atoms with van der Waals surface area (Å²) in [6.45, 7) is 1.96. The van der Waals surface area contributed by atoms with Gasteiger partial charge in [0, 0.05) is 17.4 Å². The Labute approximate surface area is 115 Å². The van der Waals surface area contributed by atoms with Gasteiger partial charge in [-0.2, -0.15) is 0 Å². The number of amides is 1. The molecular weight excluding hydrogens is 262 g/mol. The van der Waals surface area contributed by atoms with Crippen molar-refractivity contribution >= 4 is 17.3 Å². The summed E-state index contributed by atoms with van der Waals surface area (Å²) in [5.41, 5.74) is 6.93. The highest BCUT2D eigenvalue weighted by atomic mass is 19.2. The van der Waals surface area contributed by atoms with Gasteiger partial charge in [-0.3, -0.25) is 4.79 Å². The van der Waals surface area contributed by atoms with E-state index in [1.54, 1.807) is 12.1 Å². The molecule has 20 heavy (non-hydrogen) atoms. The number of carbonyl (C=O) groups is 1.